The van der Waals surface area contributed by atoms with Crippen molar-refractivity contribution in [3.8, 4) is 0 Å². The van der Waals surface area contributed by atoms with Crippen LogP contribution < -0.4 is 0 Å². The zero-order valence-electron chi connectivity index (χ0n) is 27.6. The third-order valence-electron chi connectivity index (χ3n) is 8.66. The van der Waals surface area contributed by atoms with Crippen molar-refractivity contribution < 1.29 is 27.7 Å². The fourth-order valence-electron chi connectivity index (χ4n) is 5.96. The summed E-state index contributed by atoms with van der Waals surface area (Å²) in [6.45, 7) is 8.87. The Morgan fingerprint density at radius 3 is 2.05 bits per heavy atom. The number of unbranched alkanes of at least 4 members (excludes halogenated alkanes) is 15. The average Bonchev–Trinajstić information content (AvgIpc) is 2.97. The van der Waals surface area contributed by atoms with E-state index in [1.807, 2.05) is 44.2 Å². The molecule has 7 nitrogen and oxygen atoms in total. The highest BCUT2D eigenvalue weighted by molar-refractivity contribution is 7.48. The minimum absolute atomic E-state index is 0.126. The van der Waals surface area contributed by atoms with Crippen LogP contribution in [0.3, 0.4) is 0 Å². The van der Waals surface area contributed by atoms with Crippen LogP contribution in [0.4, 0.5) is 0 Å². The number of hydrogen-bond acceptors (Lipinski definition) is 7. The minimum Gasteiger partial charge on any atom is -0.379 e. The molecule has 43 heavy (non-hydrogen) atoms. The summed E-state index contributed by atoms with van der Waals surface area (Å²) in [6.07, 6.45) is 22.9. The molecule has 0 saturated carbocycles. The second-order valence-corrected chi connectivity index (χ2v) is 14.6. The van der Waals surface area contributed by atoms with Gasteiger partial charge in [0.1, 0.15) is 11.7 Å². The summed E-state index contributed by atoms with van der Waals surface area (Å²) in [4.78, 5) is 0. The van der Waals surface area contributed by atoms with E-state index in [0.29, 0.717) is 26.4 Å². The van der Waals surface area contributed by atoms with Crippen LogP contribution in [0.2, 0.25) is 0 Å². The van der Waals surface area contributed by atoms with Gasteiger partial charge in [-0.05, 0) is 38.7 Å². The molecular formula is C35H62NO6P. The van der Waals surface area contributed by atoms with E-state index in [9.17, 15) is 4.57 Å². The molecule has 0 spiro atoms. The van der Waals surface area contributed by atoms with E-state index in [-0.39, 0.29) is 6.10 Å². The van der Waals surface area contributed by atoms with Crippen molar-refractivity contribution >= 4 is 7.82 Å². The Balaban J connectivity index is 1.28. The monoisotopic (exact) mass is 623 g/mol. The summed E-state index contributed by atoms with van der Waals surface area (Å²) in [5.41, 5.74) is 0.129. The van der Waals surface area contributed by atoms with E-state index in [2.05, 4.69) is 6.92 Å². The Morgan fingerprint density at radius 2 is 1.47 bits per heavy atom. The van der Waals surface area contributed by atoms with Gasteiger partial charge in [0.05, 0.1) is 25.9 Å². The quantitative estimate of drug-likeness (QED) is 0.0793. The van der Waals surface area contributed by atoms with Gasteiger partial charge in [-0.2, -0.15) is 9.69 Å². The molecule has 2 fully saturated rings. The largest absolute Gasteiger partial charge is 0.492 e. The first-order chi connectivity index (χ1) is 20.9. The van der Waals surface area contributed by atoms with Gasteiger partial charge in [-0.25, -0.2) is 4.57 Å². The van der Waals surface area contributed by atoms with Gasteiger partial charge in [0.2, 0.25) is 0 Å². The number of piperidine rings is 1. The van der Waals surface area contributed by atoms with Crippen LogP contribution in [0.5, 0.6) is 0 Å². The molecule has 1 aromatic rings. The zero-order valence-corrected chi connectivity index (χ0v) is 28.5. The highest BCUT2D eigenvalue weighted by Gasteiger charge is 2.47. The maximum atomic E-state index is 13.5. The van der Waals surface area contributed by atoms with Gasteiger partial charge < -0.3 is 9.47 Å². The molecule has 0 aromatic heterocycles. The Kier molecular flexibility index (Phi) is 18.0. The average molecular weight is 624 g/mol. The SMILES string of the molecule is CCCCCCCCCCCCCCCCCCOCC(OCc1ccccc1)C(C)(C)OP1(=O)OC2CCCN(C2)O1. The summed E-state index contributed by atoms with van der Waals surface area (Å²) in [6, 6.07) is 10.1. The van der Waals surface area contributed by atoms with Crippen molar-refractivity contribution in [3.63, 3.8) is 0 Å². The first-order valence-electron chi connectivity index (χ1n) is 17.6. The van der Waals surface area contributed by atoms with Gasteiger partial charge in [-0.3, -0.25) is 9.05 Å². The number of nitrogens with zero attached hydrogens (tertiary/aromatic N) is 1. The summed E-state index contributed by atoms with van der Waals surface area (Å²) in [7, 11) is -3.75. The third kappa shape index (κ3) is 15.4. The molecule has 2 aliphatic rings. The summed E-state index contributed by atoms with van der Waals surface area (Å²) >= 11 is 0. The maximum Gasteiger partial charge on any atom is 0.492 e. The number of benzene rings is 1. The molecule has 4 unspecified atom stereocenters. The number of phosphoric acid groups is 1. The molecule has 2 bridgehead atoms. The number of rotatable bonds is 25. The molecule has 0 amide bonds. The normalized spacial score (nSPS) is 23.0. The van der Waals surface area contributed by atoms with Crippen LogP contribution in [0, 0.1) is 0 Å². The highest BCUT2D eigenvalue weighted by Crippen LogP contribution is 2.58. The topological polar surface area (TPSA) is 66.5 Å². The molecule has 248 valence electrons. The smallest absolute Gasteiger partial charge is 0.379 e. The van der Waals surface area contributed by atoms with Crippen molar-refractivity contribution in [1.29, 1.82) is 0 Å². The molecule has 3 rings (SSSR count). The van der Waals surface area contributed by atoms with E-state index in [0.717, 1.165) is 31.4 Å². The molecule has 0 N–H and O–H groups in total. The van der Waals surface area contributed by atoms with Gasteiger partial charge in [-0.15, -0.1) is 0 Å². The van der Waals surface area contributed by atoms with Crippen molar-refractivity contribution in [3.05, 3.63) is 35.9 Å². The third-order valence-corrected chi connectivity index (χ3v) is 10.3. The van der Waals surface area contributed by atoms with Gasteiger partial charge >= 0.3 is 7.82 Å². The fourth-order valence-corrected chi connectivity index (χ4v) is 7.73. The Labute approximate surface area is 263 Å². The Hall–Kier alpha value is -0.790. The summed E-state index contributed by atoms with van der Waals surface area (Å²) < 4.78 is 43.5. The minimum atomic E-state index is -3.75. The van der Waals surface area contributed by atoms with E-state index in [1.54, 1.807) is 5.06 Å². The van der Waals surface area contributed by atoms with Crippen LogP contribution >= 0.6 is 7.82 Å². The molecule has 4 atom stereocenters. The lowest BCUT2D eigenvalue weighted by atomic mass is 10.0. The lowest BCUT2D eigenvalue weighted by Gasteiger charge is -2.43. The van der Waals surface area contributed by atoms with Crippen LogP contribution in [-0.2, 0) is 34.3 Å². The molecule has 2 aliphatic heterocycles. The summed E-state index contributed by atoms with van der Waals surface area (Å²) in [5.74, 6) is 0. The Bertz CT molecular complexity index is 868. The second-order valence-electron chi connectivity index (χ2n) is 13.1. The summed E-state index contributed by atoms with van der Waals surface area (Å²) in [5, 5.41) is 1.72. The predicted octanol–water partition coefficient (Wildman–Crippen LogP) is 10.2. The lowest BCUT2D eigenvalue weighted by molar-refractivity contribution is -0.190. The number of hydrogen-bond donors (Lipinski definition) is 0. The predicted molar refractivity (Wildman–Crippen MR) is 175 cm³/mol. The van der Waals surface area contributed by atoms with Gasteiger partial charge in [0.15, 0.2) is 0 Å². The molecule has 8 heteroatoms. The van der Waals surface area contributed by atoms with E-state index in [4.69, 9.17) is 23.1 Å². The highest BCUT2D eigenvalue weighted by atomic mass is 31.2. The Morgan fingerprint density at radius 1 is 0.884 bits per heavy atom. The molecule has 1 aromatic carbocycles. The fraction of sp³-hybridized carbons (Fsp3) is 0.829. The van der Waals surface area contributed by atoms with Crippen LogP contribution in [0.1, 0.15) is 142 Å². The maximum absolute atomic E-state index is 13.5. The van der Waals surface area contributed by atoms with Gasteiger partial charge in [-0.1, -0.05) is 134 Å². The number of ether oxygens (including phenoxy) is 2. The van der Waals surface area contributed by atoms with Gasteiger partial charge in [0, 0.05) is 13.2 Å². The van der Waals surface area contributed by atoms with E-state index in [1.165, 1.54) is 96.3 Å². The van der Waals surface area contributed by atoms with Crippen LogP contribution in [-0.4, -0.2) is 49.2 Å². The van der Waals surface area contributed by atoms with Crippen molar-refractivity contribution in [2.45, 2.75) is 161 Å². The number of fused-ring (bicyclic) bond motifs is 2. The molecule has 2 saturated heterocycles. The molecule has 2 heterocycles. The zero-order chi connectivity index (χ0) is 30.6. The second kappa shape index (κ2) is 21.1. The number of phosphoric ester groups is 1. The first-order valence-corrected chi connectivity index (χ1v) is 19.0. The van der Waals surface area contributed by atoms with Gasteiger partial charge in [0.25, 0.3) is 0 Å². The van der Waals surface area contributed by atoms with E-state index >= 15 is 0 Å². The molecule has 0 aliphatic carbocycles. The van der Waals surface area contributed by atoms with Crippen molar-refractivity contribution in [1.82, 2.24) is 5.06 Å². The first kappa shape index (κ1) is 36.7. The van der Waals surface area contributed by atoms with Crippen LogP contribution in [0.25, 0.3) is 0 Å². The van der Waals surface area contributed by atoms with Crippen molar-refractivity contribution in [2.75, 3.05) is 26.3 Å². The standard InChI is InChI=1S/C35H62NO6P/c1-4-5-6-7-8-9-10-11-12-13-14-15-16-17-18-22-28-38-31-34(39-30-32-24-20-19-21-25-32)35(2,3)41-43(37)40-33-26-23-27-36(29-33)42-43/h19-21,24-25,33-34H,4-18,22-23,26-31H2,1-3H3. The van der Waals surface area contributed by atoms with Crippen molar-refractivity contribution in [2.24, 2.45) is 0 Å². The van der Waals surface area contributed by atoms with Crippen LogP contribution in [0.15, 0.2) is 30.3 Å². The molecule has 0 radical (unpaired) electrons. The lowest BCUT2D eigenvalue weighted by Crippen LogP contribution is -2.47. The molecular weight excluding hydrogens is 561 g/mol. The number of hydroxylamine groups is 2. The van der Waals surface area contributed by atoms with E-state index < -0.39 is 19.5 Å².